The maximum Gasteiger partial charge on any atom is 0.305 e. The van der Waals surface area contributed by atoms with Crippen molar-refractivity contribution >= 4 is 11.9 Å². The van der Waals surface area contributed by atoms with Gasteiger partial charge in [-0.1, -0.05) is 0 Å². The number of unbranched alkanes of at least 4 members (excludes halogenated alkanes) is 1. The number of hydrogen-bond donors (Lipinski definition) is 0. The number of hydrogen-bond acceptors (Lipinski definition) is 3. The lowest BCUT2D eigenvalue weighted by molar-refractivity contribution is -0.143. The van der Waals surface area contributed by atoms with Crippen LogP contribution in [0, 0.1) is 0 Å². The van der Waals surface area contributed by atoms with Crippen LogP contribution in [0.15, 0.2) is 5.11 Å². The second kappa shape index (κ2) is 8.07. The fraction of sp³-hybridized carbons (Fsp3) is 0.750. The Hall–Kier alpha value is -1.55. The summed E-state index contributed by atoms with van der Waals surface area (Å²) in [5.74, 6) is -0.750. The van der Waals surface area contributed by atoms with Crippen molar-refractivity contribution in [1.82, 2.24) is 0 Å². The molecule has 0 atom stereocenters. The van der Waals surface area contributed by atoms with Gasteiger partial charge in [-0.2, -0.15) is 0 Å². The number of azide groups is 1. The lowest BCUT2D eigenvalue weighted by atomic mass is 10.2. The maximum absolute atomic E-state index is 10.8. The third-order valence-corrected chi connectivity index (χ3v) is 1.48. The van der Waals surface area contributed by atoms with Crippen LogP contribution < -0.4 is 0 Å². The number of esters is 1. The van der Waals surface area contributed by atoms with E-state index in [0.29, 0.717) is 25.9 Å². The molecule has 0 fully saturated rings. The van der Waals surface area contributed by atoms with E-state index in [2.05, 4.69) is 10.0 Å². The molecule has 0 saturated heterocycles. The molecule has 0 aliphatic carbocycles. The van der Waals surface area contributed by atoms with Crippen molar-refractivity contribution in [2.75, 3.05) is 6.61 Å². The fourth-order valence-electron chi connectivity index (χ4n) is 0.879. The zero-order chi connectivity index (χ0) is 10.8. The largest absolute Gasteiger partial charge is 0.466 e. The zero-order valence-electron chi connectivity index (χ0n) is 8.10. The van der Waals surface area contributed by atoms with E-state index in [-0.39, 0.29) is 12.4 Å². The summed E-state index contributed by atoms with van der Waals surface area (Å²) in [6, 6.07) is 0. The average Bonchev–Trinajstić information content (AvgIpc) is 2.13. The van der Waals surface area contributed by atoms with E-state index < -0.39 is 5.91 Å². The highest BCUT2D eigenvalue weighted by molar-refractivity contribution is 5.76. The number of carbonyl (C=O) groups is 2. The quantitative estimate of drug-likeness (QED) is 0.215. The molecule has 0 aromatic carbocycles. The Bertz CT molecular complexity index is 246. The summed E-state index contributed by atoms with van der Waals surface area (Å²) in [4.78, 5) is 23.9. The summed E-state index contributed by atoms with van der Waals surface area (Å²) in [5.41, 5.74) is 7.91. The fourth-order valence-corrected chi connectivity index (χ4v) is 0.879. The maximum atomic E-state index is 10.8. The van der Waals surface area contributed by atoms with Crippen molar-refractivity contribution in [2.24, 2.45) is 5.11 Å². The van der Waals surface area contributed by atoms with Gasteiger partial charge in [0.25, 0.3) is 0 Å². The minimum Gasteiger partial charge on any atom is -0.466 e. The van der Waals surface area contributed by atoms with E-state index in [1.807, 2.05) is 0 Å². The number of carbonyl (C=O) groups excluding carboxylic acids is 2. The van der Waals surface area contributed by atoms with Crippen LogP contribution in [0.2, 0.25) is 0 Å². The molecule has 0 heterocycles. The Morgan fingerprint density at radius 2 is 2.00 bits per heavy atom. The molecule has 0 aromatic rings. The highest BCUT2D eigenvalue weighted by Gasteiger charge is 2.02. The van der Waals surface area contributed by atoms with Crippen LogP contribution in [-0.4, -0.2) is 18.5 Å². The summed E-state index contributed by atoms with van der Waals surface area (Å²) in [6.45, 7) is 2.11. The van der Waals surface area contributed by atoms with E-state index in [4.69, 9.17) is 10.3 Å². The molecule has 0 rings (SSSR count). The summed E-state index contributed by atoms with van der Waals surface area (Å²) >= 11 is 0. The van der Waals surface area contributed by atoms with Crippen molar-refractivity contribution in [2.45, 2.75) is 32.6 Å². The number of ether oxygens (including phenoxy) is 1. The zero-order valence-corrected chi connectivity index (χ0v) is 8.10. The Labute approximate surface area is 81.9 Å². The first-order valence-electron chi connectivity index (χ1n) is 4.44. The van der Waals surface area contributed by atoms with Gasteiger partial charge < -0.3 is 4.74 Å². The molecule has 0 bridgehead atoms. The Morgan fingerprint density at radius 1 is 1.36 bits per heavy atom. The number of rotatable bonds is 6. The van der Waals surface area contributed by atoms with Gasteiger partial charge in [0.15, 0.2) is 0 Å². The number of amides is 1. The molecule has 0 aliphatic heterocycles. The predicted molar refractivity (Wildman–Crippen MR) is 49.3 cm³/mol. The highest BCUT2D eigenvalue weighted by Crippen LogP contribution is 2.02. The van der Waals surface area contributed by atoms with Gasteiger partial charge in [-0.3, -0.25) is 9.59 Å². The first kappa shape index (κ1) is 12.4. The minimum atomic E-state index is -0.489. The van der Waals surface area contributed by atoms with Crippen LogP contribution in [0.4, 0.5) is 0 Å². The van der Waals surface area contributed by atoms with Crippen LogP contribution in [0.5, 0.6) is 0 Å². The van der Waals surface area contributed by atoms with Crippen molar-refractivity contribution in [1.29, 1.82) is 0 Å². The Morgan fingerprint density at radius 3 is 2.57 bits per heavy atom. The molecule has 0 unspecified atom stereocenters. The van der Waals surface area contributed by atoms with Gasteiger partial charge in [-0.15, -0.1) is 0 Å². The van der Waals surface area contributed by atoms with Crippen LogP contribution in [-0.2, 0) is 14.3 Å². The van der Waals surface area contributed by atoms with E-state index in [9.17, 15) is 9.59 Å². The van der Waals surface area contributed by atoms with Crippen LogP contribution >= 0.6 is 0 Å². The summed E-state index contributed by atoms with van der Waals surface area (Å²) in [5, 5.41) is 2.90. The lowest BCUT2D eigenvalue weighted by Gasteiger charge is -1.99. The third kappa shape index (κ3) is 7.12. The van der Waals surface area contributed by atoms with Gasteiger partial charge in [0.1, 0.15) is 0 Å². The lowest BCUT2D eigenvalue weighted by Crippen LogP contribution is -2.03. The molecule has 0 aliphatic rings. The summed E-state index contributed by atoms with van der Waals surface area (Å²) < 4.78 is 4.69. The average molecular weight is 199 g/mol. The molecule has 6 nitrogen and oxygen atoms in total. The molecule has 14 heavy (non-hydrogen) atoms. The molecular formula is C8H13N3O3. The molecule has 0 aromatic heterocycles. The molecule has 78 valence electrons. The molecule has 0 spiro atoms. The first-order chi connectivity index (χ1) is 6.70. The Kier molecular flexibility index (Phi) is 7.17. The van der Waals surface area contributed by atoms with Crippen LogP contribution in [0.3, 0.4) is 0 Å². The first-order valence-corrected chi connectivity index (χ1v) is 4.44. The van der Waals surface area contributed by atoms with Gasteiger partial charge in [-0.05, 0) is 30.4 Å². The van der Waals surface area contributed by atoms with Gasteiger partial charge in [-0.25, -0.2) is 0 Å². The van der Waals surface area contributed by atoms with Gasteiger partial charge in [0, 0.05) is 17.8 Å². The van der Waals surface area contributed by atoms with E-state index in [1.54, 1.807) is 6.92 Å². The van der Waals surface area contributed by atoms with Crippen molar-refractivity contribution in [3.8, 4) is 0 Å². The Balaban J connectivity index is 3.42. The van der Waals surface area contributed by atoms with E-state index in [0.717, 1.165) is 0 Å². The molecule has 0 radical (unpaired) electrons. The predicted octanol–water partition coefficient (Wildman–Crippen LogP) is 1.95. The van der Waals surface area contributed by atoms with Gasteiger partial charge in [0.05, 0.1) is 6.61 Å². The van der Waals surface area contributed by atoms with E-state index >= 15 is 0 Å². The summed E-state index contributed by atoms with van der Waals surface area (Å²) in [7, 11) is 0. The highest BCUT2D eigenvalue weighted by atomic mass is 16.5. The SMILES string of the molecule is CCOC(=O)CCCCC(=O)N=[N+]=[N-]. The van der Waals surface area contributed by atoms with Crippen molar-refractivity contribution in [3.63, 3.8) is 0 Å². The number of nitrogens with zero attached hydrogens (tertiary/aromatic N) is 3. The monoisotopic (exact) mass is 199 g/mol. The molecule has 0 N–H and O–H groups in total. The molecule has 1 amide bonds. The summed E-state index contributed by atoms with van der Waals surface area (Å²) in [6.07, 6.45) is 1.60. The van der Waals surface area contributed by atoms with Crippen LogP contribution in [0.1, 0.15) is 32.6 Å². The minimum absolute atomic E-state index is 0.184. The molecular weight excluding hydrogens is 186 g/mol. The normalized spacial score (nSPS) is 8.93. The molecule has 0 saturated carbocycles. The van der Waals surface area contributed by atoms with Crippen molar-refractivity contribution in [3.05, 3.63) is 10.4 Å². The van der Waals surface area contributed by atoms with E-state index in [1.165, 1.54) is 0 Å². The molecule has 6 heteroatoms. The van der Waals surface area contributed by atoms with Crippen LogP contribution in [0.25, 0.3) is 10.4 Å². The van der Waals surface area contributed by atoms with Crippen molar-refractivity contribution < 1.29 is 14.3 Å². The van der Waals surface area contributed by atoms with Gasteiger partial charge in [0.2, 0.25) is 5.91 Å². The van der Waals surface area contributed by atoms with Gasteiger partial charge >= 0.3 is 5.97 Å². The third-order valence-electron chi connectivity index (χ3n) is 1.48. The topological polar surface area (TPSA) is 92.1 Å². The smallest absolute Gasteiger partial charge is 0.305 e. The second-order valence-electron chi connectivity index (χ2n) is 2.60. The standard InChI is InChI=1S/C8H13N3O3/c1-2-14-8(13)6-4-3-5-7(12)10-11-9/h2-6H2,1H3. The second-order valence-corrected chi connectivity index (χ2v) is 2.60.